The van der Waals surface area contributed by atoms with Crippen LogP contribution in [0.1, 0.15) is 17.4 Å². The van der Waals surface area contributed by atoms with Crippen molar-refractivity contribution in [2.75, 3.05) is 12.4 Å². The van der Waals surface area contributed by atoms with Crippen LogP contribution in [0.2, 0.25) is 0 Å². The van der Waals surface area contributed by atoms with Crippen LogP contribution >= 0.6 is 0 Å². The van der Waals surface area contributed by atoms with E-state index < -0.39 is 5.97 Å². The van der Waals surface area contributed by atoms with E-state index in [9.17, 15) is 9.59 Å². The molecule has 0 aliphatic carbocycles. The molecule has 0 bridgehead atoms. The molecule has 0 saturated carbocycles. The average molecular weight is 275 g/mol. The third-order valence-corrected chi connectivity index (χ3v) is 2.60. The van der Waals surface area contributed by atoms with Crippen molar-refractivity contribution in [3.63, 3.8) is 0 Å². The van der Waals surface area contributed by atoms with Crippen LogP contribution < -0.4 is 10.1 Å². The lowest BCUT2D eigenvalue weighted by Gasteiger charge is -2.11. The molecule has 2 N–H and O–H groups in total. The second-order valence-corrected chi connectivity index (χ2v) is 4.04. The minimum Gasteiger partial charge on any atom is -0.494 e. The highest BCUT2D eigenvalue weighted by Crippen LogP contribution is 2.27. The SMILES string of the molecule is COc1cc(-n2cnc(C(=O)O)c2)ccc1NC(C)=O. The fraction of sp³-hybridized carbons (Fsp3) is 0.154. The molecule has 0 radical (unpaired) electrons. The lowest BCUT2D eigenvalue weighted by molar-refractivity contribution is -0.114. The van der Waals surface area contributed by atoms with Crippen LogP contribution in [-0.2, 0) is 4.79 Å². The number of aromatic nitrogens is 2. The standard InChI is InChI=1S/C13H13N3O4/c1-8(17)15-10-4-3-9(5-12(10)20-2)16-6-11(13(18)19)14-7-16/h3-7H,1-2H3,(H,15,17)(H,18,19). The summed E-state index contributed by atoms with van der Waals surface area (Å²) in [6.45, 7) is 1.41. The number of nitrogens with zero attached hydrogens (tertiary/aromatic N) is 2. The minimum absolute atomic E-state index is 0.0464. The molecular weight excluding hydrogens is 262 g/mol. The Morgan fingerprint density at radius 1 is 1.40 bits per heavy atom. The Balaban J connectivity index is 2.37. The number of hydrogen-bond acceptors (Lipinski definition) is 4. The van der Waals surface area contributed by atoms with Gasteiger partial charge in [0.15, 0.2) is 5.69 Å². The highest BCUT2D eigenvalue weighted by molar-refractivity contribution is 5.90. The third-order valence-electron chi connectivity index (χ3n) is 2.60. The Labute approximate surface area is 114 Å². The number of nitrogens with one attached hydrogen (secondary N) is 1. The van der Waals surface area contributed by atoms with Crippen LogP contribution in [0.25, 0.3) is 5.69 Å². The van der Waals surface area contributed by atoms with Gasteiger partial charge in [-0.25, -0.2) is 9.78 Å². The molecule has 2 aromatic rings. The number of anilines is 1. The zero-order chi connectivity index (χ0) is 14.7. The minimum atomic E-state index is -1.09. The van der Waals surface area contributed by atoms with E-state index in [1.165, 1.54) is 26.6 Å². The van der Waals surface area contributed by atoms with Gasteiger partial charge in [-0.1, -0.05) is 0 Å². The van der Waals surface area contributed by atoms with Gasteiger partial charge in [0.1, 0.15) is 12.1 Å². The second kappa shape index (κ2) is 5.43. The number of imidazole rings is 1. The van der Waals surface area contributed by atoms with E-state index in [-0.39, 0.29) is 11.6 Å². The summed E-state index contributed by atoms with van der Waals surface area (Å²) in [6.07, 6.45) is 2.80. The summed E-state index contributed by atoms with van der Waals surface area (Å²) in [7, 11) is 1.49. The highest BCUT2D eigenvalue weighted by atomic mass is 16.5. The largest absolute Gasteiger partial charge is 0.494 e. The predicted molar refractivity (Wildman–Crippen MR) is 71.4 cm³/mol. The fourth-order valence-corrected chi connectivity index (χ4v) is 1.71. The maximum absolute atomic E-state index is 11.1. The number of hydrogen-bond donors (Lipinski definition) is 2. The molecule has 7 heteroatoms. The van der Waals surface area contributed by atoms with E-state index in [1.807, 2.05) is 0 Å². The van der Waals surface area contributed by atoms with Crippen molar-refractivity contribution in [3.05, 3.63) is 36.4 Å². The van der Waals surface area contributed by atoms with Gasteiger partial charge in [-0.3, -0.25) is 4.79 Å². The highest BCUT2D eigenvalue weighted by Gasteiger charge is 2.10. The molecule has 1 aromatic heterocycles. The van der Waals surface area contributed by atoms with E-state index in [1.54, 1.807) is 22.8 Å². The summed E-state index contributed by atoms with van der Waals surface area (Å²) in [5.41, 5.74) is 1.17. The Bertz CT molecular complexity index is 663. The van der Waals surface area contributed by atoms with E-state index in [2.05, 4.69) is 10.3 Å². The van der Waals surface area contributed by atoms with Crippen molar-refractivity contribution in [2.45, 2.75) is 6.92 Å². The van der Waals surface area contributed by atoms with Crippen LogP contribution in [0.15, 0.2) is 30.7 Å². The Hall–Kier alpha value is -2.83. The van der Waals surface area contributed by atoms with E-state index in [4.69, 9.17) is 9.84 Å². The maximum Gasteiger partial charge on any atom is 0.356 e. The first-order valence-corrected chi connectivity index (χ1v) is 5.74. The summed E-state index contributed by atoms with van der Waals surface area (Å²) >= 11 is 0. The van der Waals surface area contributed by atoms with Gasteiger partial charge in [-0.05, 0) is 12.1 Å². The summed E-state index contributed by atoms with van der Waals surface area (Å²) in [6, 6.07) is 5.08. The number of ether oxygens (including phenoxy) is 1. The molecule has 0 fully saturated rings. The van der Waals surface area contributed by atoms with Crippen molar-refractivity contribution < 1.29 is 19.4 Å². The molecule has 0 spiro atoms. The molecule has 2 rings (SSSR count). The van der Waals surface area contributed by atoms with Gasteiger partial charge in [0.05, 0.1) is 18.5 Å². The molecule has 1 amide bonds. The smallest absolute Gasteiger partial charge is 0.356 e. The topological polar surface area (TPSA) is 93.5 Å². The second-order valence-electron chi connectivity index (χ2n) is 4.04. The van der Waals surface area contributed by atoms with Gasteiger partial charge in [0.25, 0.3) is 0 Å². The molecule has 1 aromatic carbocycles. The molecule has 7 nitrogen and oxygen atoms in total. The number of rotatable bonds is 4. The van der Waals surface area contributed by atoms with Crippen LogP contribution in [0.5, 0.6) is 5.75 Å². The predicted octanol–water partition coefficient (Wildman–Crippen LogP) is 1.54. The number of aromatic carboxylic acids is 1. The van der Waals surface area contributed by atoms with Crippen molar-refractivity contribution in [1.29, 1.82) is 0 Å². The normalized spacial score (nSPS) is 10.1. The van der Waals surface area contributed by atoms with Gasteiger partial charge >= 0.3 is 5.97 Å². The van der Waals surface area contributed by atoms with Gasteiger partial charge in [0, 0.05) is 19.2 Å². The van der Waals surface area contributed by atoms with Crippen LogP contribution in [0.4, 0.5) is 5.69 Å². The number of carboxylic acid groups (broad SMARTS) is 1. The number of amides is 1. The van der Waals surface area contributed by atoms with Crippen molar-refractivity contribution in [2.24, 2.45) is 0 Å². The zero-order valence-electron chi connectivity index (χ0n) is 11.0. The van der Waals surface area contributed by atoms with Gasteiger partial charge in [-0.2, -0.15) is 0 Å². The fourth-order valence-electron chi connectivity index (χ4n) is 1.71. The van der Waals surface area contributed by atoms with Crippen LogP contribution in [0.3, 0.4) is 0 Å². The number of methoxy groups -OCH3 is 1. The average Bonchev–Trinajstić information content (AvgIpc) is 2.88. The van der Waals surface area contributed by atoms with E-state index in [0.717, 1.165) is 0 Å². The van der Waals surface area contributed by atoms with Crippen molar-refractivity contribution >= 4 is 17.6 Å². The van der Waals surface area contributed by atoms with Crippen molar-refractivity contribution in [1.82, 2.24) is 9.55 Å². The molecule has 0 aliphatic heterocycles. The molecule has 1 heterocycles. The zero-order valence-corrected chi connectivity index (χ0v) is 11.0. The Kier molecular flexibility index (Phi) is 3.69. The first-order chi connectivity index (χ1) is 9.51. The first kappa shape index (κ1) is 13.6. The van der Waals surface area contributed by atoms with Crippen molar-refractivity contribution in [3.8, 4) is 11.4 Å². The maximum atomic E-state index is 11.1. The quantitative estimate of drug-likeness (QED) is 0.882. The van der Waals surface area contributed by atoms with Crippen LogP contribution in [-0.4, -0.2) is 33.6 Å². The molecule has 0 unspecified atom stereocenters. The molecule has 0 aliphatic rings. The summed E-state index contributed by atoms with van der Waals surface area (Å²) in [5.74, 6) is -0.819. The number of carbonyl (C=O) groups excluding carboxylic acids is 1. The summed E-state index contributed by atoms with van der Waals surface area (Å²) < 4.78 is 6.76. The van der Waals surface area contributed by atoms with Gasteiger partial charge in [0.2, 0.25) is 5.91 Å². The first-order valence-electron chi connectivity index (χ1n) is 5.74. The van der Waals surface area contributed by atoms with E-state index in [0.29, 0.717) is 17.1 Å². The summed E-state index contributed by atoms with van der Waals surface area (Å²) in [5, 5.41) is 11.5. The Morgan fingerprint density at radius 2 is 2.15 bits per heavy atom. The number of benzene rings is 1. The molecule has 0 saturated heterocycles. The van der Waals surface area contributed by atoms with Crippen LogP contribution in [0, 0.1) is 0 Å². The van der Waals surface area contributed by atoms with Gasteiger partial charge in [-0.15, -0.1) is 0 Å². The monoisotopic (exact) mass is 275 g/mol. The Morgan fingerprint density at radius 3 is 2.70 bits per heavy atom. The molecule has 104 valence electrons. The lowest BCUT2D eigenvalue weighted by Crippen LogP contribution is -2.07. The third kappa shape index (κ3) is 2.77. The lowest BCUT2D eigenvalue weighted by atomic mass is 10.2. The molecular formula is C13H13N3O4. The number of carboxylic acids is 1. The van der Waals surface area contributed by atoms with Gasteiger partial charge < -0.3 is 19.7 Å². The molecule has 20 heavy (non-hydrogen) atoms. The molecule has 0 atom stereocenters. The number of carbonyl (C=O) groups is 2. The van der Waals surface area contributed by atoms with E-state index >= 15 is 0 Å². The summed E-state index contributed by atoms with van der Waals surface area (Å²) in [4.78, 5) is 25.6.